The molecule has 0 aromatic heterocycles. The highest BCUT2D eigenvalue weighted by Crippen LogP contribution is 2.16. The van der Waals surface area contributed by atoms with Crippen LogP contribution in [0.2, 0.25) is 0 Å². The van der Waals surface area contributed by atoms with E-state index in [4.69, 9.17) is 0 Å². The number of nitrogens with one attached hydrogen (secondary N) is 1. The molecule has 1 aromatic rings. The van der Waals surface area contributed by atoms with E-state index in [0.717, 1.165) is 13.0 Å². The second-order valence-electron chi connectivity index (χ2n) is 3.44. The molecule has 0 amide bonds. The molecule has 0 fully saturated rings. The Morgan fingerprint density at radius 1 is 1.36 bits per heavy atom. The summed E-state index contributed by atoms with van der Waals surface area (Å²) < 4.78 is 0. The second-order valence-corrected chi connectivity index (χ2v) is 3.44. The molecule has 0 heterocycles. The normalized spacial score (nSPS) is 12.4. The number of hydrogen-bond donors (Lipinski definition) is 1. The van der Waals surface area contributed by atoms with Gasteiger partial charge in [0.15, 0.2) is 0 Å². The Labute approximate surface area is 86.8 Å². The molecule has 0 aliphatic carbocycles. The van der Waals surface area contributed by atoms with Crippen LogP contribution in [0.4, 0.5) is 0 Å². The summed E-state index contributed by atoms with van der Waals surface area (Å²) in [6.45, 7) is 7.04. The van der Waals surface area contributed by atoms with Gasteiger partial charge in [0.25, 0.3) is 0 Å². The van der Waals surface area contributed by atoms with Gasteiger partial charge < -0.3 is 5.32 Å². The maximum absolute atomic E-state index is 3.79. The quantitative estimate of drug-likeness (QED) is 0.677. The van der Waals surface area contributed by atoms with Crippen molar-refractivity contribution < 1.29 is 0 Å². The molecule has 76 valence electrons. The third-order valence-electron chi connectivity index (χ3n) is 2.25. The lowest BCUT2D eigenvalue weighted by molar-refractivity contribution is 0.537. The van der Waals surface area contributed by atoms with Crippen molar-refractivity contribution in [2.24, 2.45) is 0 Å². The van der Waals surface area contributed by atoms with Gasteiger partial charge in [-0.05, 0) is 24.9 Å². The van der Waals surface area contributed by atoms with Gasteiger partial charge in [0.2, 0.25) is 0 Å². The van der Waals surface area contributed by atoms with Crippen molar-refractivity contribution in [3.05, 3.63) is 48.6 Å². The molecule has 1 heteroatoms. The second kappa shape index (κ2) is 6.39. The Hall–Kier alpha value is -1.08. The molecule has 14 heavy (non-hydrogen) atoms. The molecule has 1 rings (SSSR count). The van der Waals surface area contributed by atoms with E-state index < -0.39 is 0 Å². The van der Waals surface area contributed by atoms with E-state index in [1.54, 1.807) is 0 Å². The molecular formula is C13H19N. The minimum absolute atomic E-state index is 0.425. The number of hydrogen-bond acceptors (Lipinski definition) is 1. The standard InChI is InChI=1S/C13H19N/c1-3-8-13(14-11-4-2)12-9-6-5-7-10-12/h3,5-7,9-10,13-14H,1,4,8,11H2,2H3. The van der Waals surface area contributed by atoms with E-state index in [1.165, 1.54) is 12.0 Å². The summed E-state index contributed by atoms with van der Waals surface area (Å²) in [6, 6.07) is 11.0. The average Bonchev–Trinajstić information content (AvgIpc) is 2.25. The van der Waals surface area contributed by atoms with Crippen LogP contribution in [0.25, 0.3) is 0 Å². The monoisotopic (exact) mass is 189 g/mol. The minimum Gasteiger partial charge on any atom is -0.310 e. The highest BCUT2D eigenvalue weighted by Gasteiger charge is 2.06. The van der Waals surface area contributed by atoms with Gasteiger partial charge >= 0.3 is 0 Å². The SMILES string of the molecule is C=CCC(NCCC)c1ccccc1. The Kier molecular flexibility index (Phi) is 5.02. The summed E-state index contributed by atoms with van der Waals surface area (Å²) in [5.74, 6) is 0. The van der Waals surface area contributed by atoms with Crippen molar-refractivity contribution in [2.45, 2.75) is 25.8 Å². The van der Waals surface area contributed by atoms with Gasteiger partial charge in [-0.25, -0.2) is 0 Å². The zero-order valence-electron chi connectivity index (χ0n) is 8.87. The fourth-order valence-corrected chi connectivity index (χ4v) is 1.51. The summed E-state index contributed by atoms with van der Waals surface area (Å²) in [5, 5.41) is 3.52. The minimum atomic E-state index is 0.425. The van der Waals surface area contributed by atoms with Crippen LogP contribution in [0.5, 0.6) is 0 Å². The van der Waals surface area contributed by atoms with E-state index in [1.807, 2.05) is 12.1 Å². The summed E-state index contributed by atoms with van der Waals surface area (Å²) in [7, 11) is 0. The summed E-state index contributed by atoms with van der Waals surface area (Å²) in [4.78, 5) is 0. The molecule has 1 aromatic carbocycles. The lowest BCUT2D eigenvalue weighted by Crippen LogP contribution is -2.21. The Morgan fingerprint density at radius 3 is 2.64 bits per heavy atom. The van der Waals surface area contributed by atoms with Crippen molar-refractivity contribution in [3.63, 3.8) is 0 Å². The van der Waals surface area contributed by atoms with Crippen molar-refractivity contribution >= 4 is 0 Å². The molecule has 0 bridgehead atoms. The highest BCUT2D eigenvalue weighted by atomic mass is 14.9. The highest BCUT2D eigenvalue weighted by molar-refractivity contribution is 5.19. The van der Waals surface area contributed by atoms with Gasteiger partial charge in [-0.1, -0.05) is 43.3 Å². The van der Waals surface area contributed by atoms with E-state index in [0.29, 0.717) is 6.04 Å². The molecule has 0 saturated carbocycles. The van der Waals surface area contributed by atoms with E-state index in [-0.39, 0.29) is 0 Å². The van der Waals surface area contributed by atoms with Gasteiger partial charge in [-0.15, -0.1) is 6.58 Å². The summed E-state index contributed by atoms with van der Waals surface area (Å²) in [5.41, 5.74) is 1.35. The van der Waals surface area contributed by atoms with E-state index in [2.05, 4.69) is 43.1 Å². The van der Waals surface area contributed by atoms with Crippen LogP contribution in [-0.2, 0) is 0 Å². The van der Waals surface area contributed by atoms with Crippen molar-refractivity contribution in [3.8, 4) is 0 Å². The van der Waals surface area contributed by atoms with Gasteiger partial charge in [0, 0.05) is 6.04 Å². The maximum Gasteiger partial charge on any atom is 0.0354 e. The third kappa shape index (κ3) is 3.35. The van der Waals surface area contributed by atoms with E-state index in [9.17, 15) is 0 Å². The molecule has 0 radical (unpaired) electrons. The first-order chi connectivity index (χ1) is 6.88. The molecule has 0 aliphatic heterocycles. The zero-order valence-corrected chi connectivity index (χ0v) is 8.87. The molecule has 1 atom stereocenters. The predicted molar refractivity (Wildman–Crippen MR) is 62.3 cm³/mol. The first-order valence-electron chi connectivity index (χ1n) is 5.27. The maximum atomic E-state index is 3.79. The Bertz CT molecular complexity index is 253. The topological polar surface area (TPSA) is 12.0 Å². The molecular weight excluding hydrogens is 170 g/mol. The van der Waals surface area contributed by atoms with Crippen LogP contribution >= 0.6 is 0 Å². The Morgan fingerprint density at radius 2 is 2.07 bits per heavy atom. The largest absolute Gasteiger partial charge is 0.310 e. The van der Waals surface area contributed by atoms with Gasteiger partial charge in [-0.3, -0.25) is 0 Å². The third-order valence-corrected chi connectivity index (χ3v) is 2.25. The first-order valence-corrected chi connectivity index (χ1v) is 5.27. The fraction of sp³-hybridized carbons (Fsp3) is 0.385. The number of benzene rings is 1. The summed E-state index contributed by atoms with van der Waals surface area (Å²) in [6.07, 6.45) is 4.13. The van der Waals surface area contributed by atoms with Crippen molar-refractivity contribution in [1.29, 1.82) is 0 Å². The summed E-state index contributed by atoms with van der Waals surface area (Å²) >= 11 is 0. The lowest BCUT2D eigenvalue weighted by Gasteiger charge is -2.16. The number of rotatable bonds is 6. The Balaban J connectivity index is 2.62. The zero-order chi connectivity index (χ0) is 10.2. The van der Waals surface area contributed by atoms with Crippen LogP contribution < -0.4 is 5.32 Å². The van der Waals surface area contributed by atoms with Crippen LogP contribution in [0.1, 0.15) is 31.4 Å². The molecule has 0 aliphatic rings. The van der Waals surface area contributed by atoms with Crippen LogP contribution in [0.15, 0.2) is 43.0 Å². The van der Waals surface area contributed by atoms with E-state index >= 15 is 0 Å². The van der Waals surface area contributed by atoms with Crippen LogP contribution in [0.3, 0.4) is 0 Å². The van der Waals surface area contributed by atoms with Gasteiger partial charge in [-0.2, -0.15) is 0 Å². The first kappa shape index (κ1) is 11.0. The van der Waals surface area contributed by atoms with Crippen molar-refractivity contribution in [1.82, 2.24) is 5.32 Å². The predicted octanol–water partition coefficient (Wildman–Crippen LogP) is 3.30. The fourth-order valence-electron chi connectivity index (χ4n) is 1.51. The molecule has 1 nitrogen and oxygen atoms in total. The molecule has 1 N–H and O–H groups in total. The molecule has 0 spiro atoms. The van der Waals surface area contributed by atoms with Crippen LogP contribution in [-0.4, -0.2) is 6.54 Å². The van der Waals surface area contributed by atoms with Crippen molar-refractivity contribution in [2.75, 3.05) is 6.54 Å². The molecule has 0 saturated heterocycles. The average molecular weight is 189 g/mol. The van der Waals surface area contributed by atoms with Gasteiger partial charge in [0.1, 0.15) is 0 Å². The molecule has 1 unspecified atom stereocenters. The van der Waals surface area contributed by atoms with Gasteiger partial charge in [0.05, 0.1) is 0 Å². The smallest absolute Gasteiger partial charge is 0.0354 e. The van der Waals surface area contributed by atoms with Crippen LogP contribution in [0, 0.1) is 0 Å². The lowest BCUT2D eigenvalue weighted by atomic mass is 10.0.